The van der Waals surface area contributed by atoms with Gasteiger partial charge in [0.15, 0.2) is 0 Å². The topological polar surface area (TPSA) is 66.7 Å². The second kappa shape index (κ2) is 5.12. The predicted octanol–water partition coefficient (Wildman–Crippen LogP) is 2.25. The average Bonchev–Trinajstić information content (AvgIpc) is 3.03. The van der Waals surface area contributed by atoms with Gasteiger partial charge in [0.25, 0.3) is 5.91 Å². The van der Waals surface area contributed by atoms with Crippen molar-refractivity contribution in [2.24, 2.45) is 0 Å². The standard InChI is InChI=1S/C16H20N4O2/c1-4-16(5-2)14(21)20(15(22)18-16)10-12-9-19-8-6-7-11(3)13(19)17-12/h6-9H,4-5,10H2,1-3H3,(H,18,22). The average molecular weight is 300 g/mol. The van der Waals surface area contributed by atoms with Crippen molar-refractivity contribution in [2.75, 3.05) is 0 Å². The molecule has 3 rings (SSSR count). The summed E-state index contributed by atoms with van der Waals surface area (Å²) in [4.78, 5) is 30.6. The summed E-state index contributed by atoms with van der Waals surface area (Å²) >= 11 is 0. The second-order valence-electron chi connectivity index (χ2n) is 5.76. The molecule has 22 heavy (non-hydrogen) atoms. The highest BCUT2D eigenvalue weighted by Crippen LogP contribution is 2.26. The molecule has 116 valence electrons. The number of fused-ring (bicyclic) bond motifs is 1. The van der Waals surface area contributed by atoms with E-state index in [-0.39, 0.29) is 18.5 Å². The van der Waals surface area contributed by atoms with Gasteiger partial charge in [-0.15, -0.1) is 0 Å². The van der Waals surface area contributed by atoms with E-state index in [1.807, 2.05) is 49.7 Å². The molecule has 3 amide bonds. The molecular formula is C16H20N4O2. The molecule has 0 aliphatic carbocycles. The maximum Gasteiger partial charge on any atom is 0.325 e. The molecule has 0 radical (unpaired) electrons. The monoisotopic (exact) mass is 300 g/mol. The molecule has 6 heteroatoms. The number of rotatable bonds is 4. The Labute approximate surface area is 129 Å². The van der Waals surface area contributed by atoms with Crippen LogP contribution >= 0.6 is 0 Å². The molecule has 2 aromatic heterocycles. The number of hydrogen-bond acceptors (Lipinski definition) is 3. The van der Waals surface area contributed by atoms with Crippen LogP contribution in [-0.2, 0) is 11.3 Å². The maximum absolute atomic E-state index is 12.6. The molecule has 3 heterocycles. The fourth-order valence-corrected chi connectivity index (χ4v) is 2.99. The number of imide groups is 1. The number of nitrogens with zero attached hydrogens (tertiary/aromatic N) is 3. The number of nitrogens with one attached hydrogen (secondary N) is 1. The van der Waals surface area contributed by atoms with Crippen LogP contribution in [0.15, 0.2) is 24.5 Å². The smallest absolute Gasteiger partial charge is 0.323 e. The van der Waals surface area contributed by atoms with E-state index in [4.69, 9.17) is 0 Å². The Hall–Kier alpha value is -2.37. The van der Waals surface area contributed by atoms with Gasteiger partial charge in [0.05, 0.1) is 12.2 Å². The quantitative estimate of drug-likeness (QED) is 0.881. The highest BCUT2D eigenvalue weighted by Gasteiger charge is 2.48. The number of imidazole rings is 1. The van der Waals surface area contributed by atoms with Crippen molar-refractivity contribution in [1.82, 2.24) is 19.6 Å². The number of carbonyl (C=O) groups excluding carboxylic acids is 2. The third kappa shape index (κ3) is 2.06. The van der Waals surface area contributed by atoms with Crippen molar-refractivity contribution < 1.29 is 9.59 Å². The van der Waals surface area contributed by atoms with Crippen LogP contribution in [0, 0.1) is 6.92 Å². The van der Waals surface area contributed by atoms with Crippen LogP contribution in [-0.4, -0.2) is 31.8 Å². The van der Waals surface area contributed by atoms with E-state index >= 15 is 0 Å². The Morgan fingerprint density at radius 3 is 2.59 bits per heavy atom. The molecule has 0 atom stereocenters. The first-order valence-electron chi connectivity index (χ1n) is 7.58. The van der Waals surface area contributed by atoms with Crippen LogP contribution in [0.1, 0.15) is 37.9 Å². The highest BCUT2D eigenvalue weighted by atomic mass is 16.2. The molecular weight excluding hydrogens is 280 g/mol. The van der Waals surface area contributed by atoms with Crippen molar-refractivity contribution in [3.8, 4) is 0 Å². The minimum Gasteiger partial charge on any atom is -0.323 e. The van der Waals surface area contributed by atoms with Crippen molar-refractivity contribution in [3.05, 3.63) is 35.8 Å². The van der Waals surface area contributed by atoms with Gasteiger partial charge in [0.1, 0.15) is 11.2 Å². The number of hydrogen-bond donors (Lipinski definition) is 1. The minimum absolute atomic E-state index is 0.156. The Morgan fingerprint density at radius 2 is 2.00 bits per heavy atom. The number of aryl methyl sites for hydroxylation is 1. The third-order valence-corrected chi connectivity index (χ3v) is 4.50. The molecule has 1 saturated heterocycles. The van der Waals surface area contributed by atoms with E-state index in [1.54, 1.807) is 0 Å². The van der Waals surface area contributed by atoms with Crippen LogP contribution in [0.25, 0.3) is 5.65 Å². The number of urea groups is 1. The molecule has 0 aromatic carbocycles. The zero-order chi connectivity index (χ0) is 15.9. The van der Waals surface area contributed by atoms with Crippen molar-refractivity contribution >= 4 is 17.6 Å². The molecule has 1 aliphatic heterocycles. The van der Waals surface area contributed by atoms with Gasteiger partial charge in [0, 0.05) is 12.4 Å². The van der Waals surface area contributed by atoms with Crippen LogP contribution in [0.2, 0.25) is 0 Å². The summed E-state index contributed by atoms with van der Waals surface area (Å²) in [5, 5.41) is 2.83. The molecule has 0 spiro atoms. The Bertz CT molecular complexity index is 746. The summed E-state index contributed by atoms with van der Waals surface area (Å²) < 4.78 is 1.91. The largest absolute Gasteiger partial charge is 0.325 e. The Morgan fingerprint density at radius 1 is 1.27 bits per heavy atom. The molecule has 0 bridgehead atoms. The maximum atomic E-state index is 12.6. The number of carbonyl (C=O) groups is 2. The van der Waals surface area contributed by atoms with E-state index in [0.29, 0.717) is 18.5 Å². The lowest BCUT2D eigenvalue weighted by Gasteiger charge is -2.22. The summed E-state index contributed by atoms with van der Waals surface area (Å²) in [6.07, 6.45) is 4.96. The summed E-state index contributed by atoms with van der Waals surface area (Å²) in [6.45, 7) is 6.02. The molecule has 1 aliphatic rings. The first-order valence-corrected chi connectivity index (χ1v) is 7.58. The first-order chi connectivity index (χ1) is 10.5. The molecule has 1 N–H and O–H groups in total. The fraction of sp³-hybridized carbons (Fsp3) is 0.438. The van der Waals surface area contributed by atoms with Crippen molar-refractivity contribution in [2.45, 2.75) is 45.7 Å². The van der Waals surface area contributed by atoms with Gasteiger partial charge in [-0.25, -0.2) is 9.78 Å². The molecule has 6 nitrogen and oxygen atoms in total. The minimum atomic E-state index is -0.758. The van der Waals surface area contributed by atoms with E-state index in [1.165, 1.54) is 4.90 Å². The predicted molar refractivity (Wildman–Crippen MR) is 82.3 cm³/mol. The van der Waals surface area contributed by atoms with Gasteiger partial charge in [-0.05, 0) is 31.4 Å². The van der Waals surface area contributed by atoms with E-state index in [0.717, 1.165) is 11.2 Å². The zero-order valence-electron chi connectivity index (χ0n) is 13.1. The van der Waals surface area contributed by atoms with E-state index in [9.17, 15) is 9.59 Å². The molecule has 1 fully saturated rings. The highest BCUT2D eigenvalue weighted by molar-refractivity contribution is 6.06. The van der Waals surface area contributed by atoms with Gasteiger partial charge in [0.2, 0.25) is 0 Å². The van der Waals surface area contributed by atoms with Crippen molar-refractivity contribution in [1.29, 1.82) is 0 Å². The van der Waals surface area contributed by atoms with Crippen LogP contribution in [0.4, 0.5) is 4.79 Å². The lowest BCUT2D eigenvalue weighted by atomic mass is 9.93. The van der Waals surface area contributed by atoms with Crippen LogP contribution in [0.5, 0.6) is 0 Å². The number of aromatic nitrogens is 2. The summed E-state index contributed by atoms with van der Waals surface area (Å²) in [5.41, 5.74) is 1.86. The SMILES string of the molecule is CCC1(CC)NC(=O)N(Cc2cn3cccc(C)c3n2)C1=O. The molecule has 2 aromatic rings. The summed E-state index contributed by atoms with van der Waals surface area (Å²) in [7, 11) is 0. The third-order valence-electron chi connectivity index (χ3n) is 4.50. The normalized spacial score (nSPS) is 17.3. The number of pyridine rings is 1. The van der Waals surface area contributed by atoms with Gasteiger partial charge in [-0.3, -0.25) is 9.69 Å². The lowest BCUT2D eigenvalue weighted by molar-refractivity contribution is -0.132. The number of amides is 3. The van der Waals surface area contributed by atoms with Crippen molar-refractivity contribution in [3.63, 3.8) is 0 Å². The van der Waals surface area contributed by atoms with Crippen LogP contribution < -0.4 is 5.32 Å². The van der Waals surface area contributed by atoms with E-state index < -0.39 is 5.54 Å². The van der Waals surface area contributed by atoms with Gasteiger partial charge >= 0.3 is 6.03 Å². The van der Waals surface area contributed by atoms with Gasteiger partial charge in [-0.2, -0.15) is 0 Å². The first kappa shape index (κ1) is 14.6. The van der Waals surface area contributed by atoms with Gasteiger partial charge < -0.3 is 9.72 Å². The van der Waals surface area contributed by atoms with Crippen LogP contribution in [0.3, 0.4) is 0 Å². The molecule has 0 saturated carbocycles. The fourth-order valence-electron chi connectivity index (χ4n) is 2.99. The van der Waals surface area contributed by atoms with E-state index in [2.05, 4.69) is 10.3 Å². The second-order valence-corrected chi connectivity index (χ2v) is 5.76. The Balaban J connectivity index is 1.90. The molecule has 0 unspecified atom stereocenters. The Kier molecular flexibility index (Phi) is 3.39. The van der Waals surface area contributed by atoms with Gasteiger partial charge in [-0.1, -0.05) is 19.9 Å². The summed E-state index contributed by atoms with van der Waals surface area (Å²) in [6, 6.07) is 3.60. The lowest BCUT2D eigenvalue weighted by Crippen LogP contribution is -2.45. The summed E-state index contributed by atoms with van der Waals surface area (Å²) in [5.74, 6) is -0.156. The zero-order valence-corrected chi connectivity index (χ0v) is 13.1.